The normalized spacial score (nSPS) is 13.8. The fourth-order valence-corrected chi connectivity index (χ4v) is 3.83. The van der Waals surface area contributed by atoms with Crippen LogP contribution in [0.2, 0.25) is 0 Å². The molecule has 4 atom stereocenters. The zero-order valence-electron chi connectivity index (χ0n) is 21.6. The summed E-state index contributed by atoms with van der Waals surface area (Å²) in [5, 5.41) is 26.3. The number of nitrogens with zero attached hydrogens (tertiary/aromatic N) is 2. The van der Waals surface area contributed by atoms with Crippen LogP contribution in [0.25, 0.3) is 0 Å². The average Bonchev–Trinajstić information content (AvgIpc) is 3.42. The highest BCUT2D eigenvalue weighted by Gasteiger charge is 2.30. The summed E-state index contributed by atoms with van der Waals surface area (Å²) >= 11 is 3.95. The molecule has 0 bridgehead atoms. The molecule has 2 rings (SSSR count). The first-order valence-corrected chi connectivity index (χ1v) is 12.9. The summed E-state index contributed by atoms with van der Waals surface area (Å²) in [5.74, 6) is -3.62. The molecule has 1 aromatic carbocycles. The number of H-pyrrole nitrogens is 1. The van der Waals surface area contributed by atoms with E-state index in [1.54, 1.807) is 12.1 Å². The molecule has 0 saturated heterocycles. The number of phenols is 1. The Balaban J connectivity index is 2.18. The molecule has 0 saturated carbocycles. The monoisotopic (exact) mass is 577 g/mol. The number of aromatic nitrogens is 2. The second-order valence-electron chi connectivity index (χ2n) is 8.91. The van der Waals surface area contributed by atoms with Gasteiger partial charge in [-0.3, -0.25) is 19.4 Å². The van der Waals surface area contributed by atoms with Crippen molar-refractivity contribution in [2.75, 3.05) is 12.3 Å². The van der Waals surface area contributed by atoms with E-state index in [-0.39, 0.29) is 49.7 Å². The predicted molar refractivity (Wildman–Crippen MR) is 149 cm³/mol. The Morgan fingerprint density at radius 3 is 2.17 bits per heavy atom. The lowest BCUT2D eigenvalue weighted by Gasteiger charge is -2.25. The Labute approximate surface area is 235 Å². The molecular weight excluding hydrogens is 542 g/mol. The van der Waals surface area contributed by atoms with Crippen molar-refractivity contribution in [1.82, 2.24) is 25.9 Å². The number of carbonyl (C=O) groups excluding carboxylic acids is 3. The van der Waals surface area contributed by atoms with Gasteiger partial charge in [0.05, 0.1) is 12.4 Å². The molecule has 2 aromatic rings. The van der Waals surface area contributed by atoms with Crippen LogP contribution in [0, 0.1) is 0 Å². The Hall–Kier alpha value is -4.31. The number of amides is 3. The number of carbonyl (C=O) groups is 4. The van der Waals surface area contributed by atoms with Crippen molar-refractivity contribution < 1.29 is 29.4 Å². The summed E-state index contributed by atoms with van der Waals surface area (Å²) in [5.41, 5.74) is 18.0. The van der Waals surface area contributed by atoms with Crippen molar-refractivity contribution >= 4 is 42.3 Å². The molecule has 1 heterocycles. The van der Waals surface area contributed by atoms with Gasteiger partial charge < -0.3 is 48.3 Å². The van der Waals surface area contributed by atoms with E-state index in [0.717, 1.165) is 0 Å². The van der Waals surface area contributed by atoms with Gasteiger partial charge in [0.25, 0.3) is 0 Å². The minimum absolute atomic E-state index is 0.000231. The highest BCUT2D eigenvalue weighted by atomic mass is 32.1. The SMILES string of the molecule is NC(N)=NCCCC(NC(=O)C(Cc1cnc[nH]1)NC(=O)C(N)Cc1ccc(O)cc1)C(=O)NC(CS)C(=O)O. The van der Waals surface area contributed by atoms with E-state index < -0.39 is 47.9 Å². The van der Waals surface area contributed by atoms with Crippen molar-refractivity contribution in [1.29, 1.82) is 0 Å². The minimum Gasteiger partial charge on any atom is -0.508 e. The predicted octanol–water partition coefficient (Wildman–Crippen LogP) is -2.25. The zero-order chi connectivity index (χ0) is 29.7. The number of hydrogen-bond acceptors (Lipinski definition) is 9. The Kier molecular flexibility index (Phi) is 12.7. The highest BCUT2D eigenvalue weighted by molar-refractivity contribution is 7.80. The number of aliphatic imine (C=N–C) groups is 1. The van der Waals surface area contributed by atoms with E-state index in [1.807, 2.05) is 0 Å². The maximum atomic E-state index is 13.4. The number of benzene rings is 1. The lowest BCUT2D eigenvalue weighted by molar-refractivity contribution is -0.141. The van der Waals surface area contributed by atoms with Crippen molar-refractivity contribution in [3.05, 3.63) is 48.0 Å². The maximum absolute atomic E-state index is 13.4. The number of guanidine groups is 1. The van der Waals surface area contributed by atoms with Crippen molar-refractivity contribution in [2.45, 2.75) is 49.9 Å². The molecule has 218 valence electrons. The molecule has 0 aliphatic heterocycles. The van der Waals surface area contributed by atoms with Crippen LogP contribution < -0.4 is 33.2 Å². The third kappa shape index (κ3) is 10.8. The molecule has 0 radical (unpaired) electrons. The number of carboxylic acid groups (broad SMARTS) is 1. The van der Waals surface area contributed by atoms with E-state index in [2.05, 4.69) is 43.5 Å². The summed E-state index contributed by atoms with van der Waals surface area (Å²) in [4.78, 5) is 61.2. The number of thiol groups is 1. The van der Waals surface area contributed by atoms with E-state index in [4.69, 9.17) is 17.2 Å². The number of hydrogen-bond donors (Lipinski definition) is 10. The van der Waals surface area contributed by atoms with Crippen LogP contribution in [-0.2, 0) is 32.0 Å². The van der Waals surface area contributed by atoms with Crippen LogP contribution in [0.4, 0.5) is 0 Å². The molecular formula is C24H35N9O6S. The number of rotatable bonds is 16. The Morgan fingerprint density at radius 1 is 0.975 bits per heavy atom. The number of aromatic hydroxyl groups is 1. The summed E-state index contributed by atoms with van der Waals surface area (Å²) in [6, 6.07) is 1.54. The van der Waals surface area contributed by atoms with Crippen LogP contribution in [0.15, 0.2) is 41.8 Å². The molecule has 15 nitrogen and oxygen atoms in total. The lowest BCUT2D eigenvalue weighted by Crippen LogP contribution is -2.58. The first-order chi connectivity index (χ1) is 19.0. The van der Waals surface area contributed by atoms with E-state index >= 15 is 0 Å². The maximum Gasteiger partial charge on any atom is 0.327 e. The summed E-state index contributed by atoms with van der Waals surface area (Å²) < 4.78 is 0. The molecule has 0 aliphatic carbocycles. The first-order valence-electron chi connectivity index (χ1n) is 12.3. The largest absolute Gasteiger partial charge is 0.508 e. The van der Waals surface area contributed by atoms with Gasteiger partial charge in [-0.2, -0.15) is 12.6 Å². The molecule has 3 amide bonds. The number of imidazole rings is 1. The van der Waals surface area contributed by atoms with Crippen molar-refractivity contribution in [3.63, 3.8) is 0 Å². The quantitative estimate of drug-likeness (QED) is 0.0443. The molecule has 0 fully saturated rings. The molecule has 12 N–H and O–H groups in total. The number of nitrogens with one attached hydrogen (secondary N) is 4. The fourth-order valence-electron chi connectivity index (χ4n) is 3.59. The van der Waals surface area contributed by atoms with Gasteiger partial charge in [0.15, 0.2) is 5.96 Å². The van der Waals surface area contributed by atoms with Crippen LogP contribution in [0.1, 0.15) is 24.1 Å². The number of phenolic OH excluding ortho intramolecular Hbond substituents is 1. The zero-order valence-corrected chi connectivity index (χ0v) is 22.5. The van der Waals surface area contributed by atoms with Crippen molar-refractivity contribution in [2.24, 2.45) is 22.2 Å². The summed E-state index contributed by atoms with van der Waals surface area (Å²) in [6.07, 6.45) is 3.38. The molecule has 4 unspecified atom stereocenters. The van der Waals surface area contributed by atoms with Crippen molar-refractivity contribution in [3.8, 4) is 5.75 Å². The van der Waals surface area contributed by atoms with Crippen LogP contribution in [0.5, 0.6) is 5.75 Å². The average molecular weight is 578 g/mol. The number of carboxylic acids is 1. The van der Waals surface area contributed by atoms with Gasteiger partial charge in [0.2, 0.25) is 17.7 Å². The smallest absolute Gasteiger partial charge is 0.327 e. The minimum atomic E-state index is -1.29. The van der Waals surface area contributed by atoms with Crippen LogP contribution >= 0.6 is 12.6 Å². The van der Waals surface area contributed by atoms with Gasteiger partial charge in [-0.1, -0.05) is 12.1 Å². The van der Waals surface area contributed by atoms with E-state index in [9.17, 15) is 29.4 Å². The number of aliphatic carboxylic acids is 1. The highest BCUT2D eigenvalue weighted by Crippen LogP contribution is 2.11. The molecule has 16 heteroatoms. The van der Waals surface area contributed by atoms with Gasteiger partial charge >= 0.3 is 5.97 Å². The third-order valence-corrected chi connectivity index (χ3v) is 6.08. The van der Waals surface area contributed by atoms with Crippen LogP contribution in [-0.4, -0.2) is 86.3 Å². The topological polar surface area (TPSA) is 264 Å². The lowest BCUT2D eigenvalue weighted by atomic mass is 10.0. The second-order valence-corrected chi connectivity index (χ2v) is 9.28. The Morgan fingerprint density at radius 2 is 1.60 bits per heavy atom. The Bertz CT molecular complexity index is 1160. The third-order valence-electron chi connectivity index (χ3n) is 5.72. The van der Waals surface area contributed by atoms with E-state index in [1.165, 1.54) is 24.7 Å². The van der Waals surface area contributed by atoms with Gasteiger partial charge in [0, 0.05) is 30.6 Å². The van der Waals surface area contributed by atoms with Gasteiger partial charge in [-0.25, -0.2) is 9.78 Å². The number of nitrogens with two attached hydrogens (primary N) is 3. The molecule has 0 spiro atoms. The fraction of sp³-hybridized carbons (Fsp3) is 0.417. The molecule has 0 aliphatic rings. The van der Waals surface area contributed by atoms with Gasteiger partial charge in [0.1, 0.15) is 23.9 Å². The second kappa shape index (κ2) is 15.9. The van der Waals surface area contributed by atoms with E-state index in [0.29, 0.717) is 11.3 Å². The summed E-state index contributed by atoms with van der Waals surface area (Å²) in [7, 11) is 0. The number of aromatic amines is 1. The first kappa shape index (κ1) is 31.9. The molecule has 1 aromatic heterocycles. The van der Waals surface area contributed by atoms with Gasteiger partial charge in [-0.05, 0) is 37.0 Å². The molecule has 40 heavy (non-hydrogen) atoms. The standard InChI is InChI=1S/C24H35N9O6S/c25-16(8-13-3-5-15(34)6-4-13)20(35)32-18(9-14-10-28-12-30-14)22(37)31-17(2-1-7-29-24(26)27)21(36)33-19(11-40)23(38)39/h3-6,10,12,16-19,34,40H,1-2,7-9,11,25H2,(H,28,30)(H,31,37)(H,32,35)(H,33,36)(H,38,39)(H4,26,27,29). The summed E-state index contributed by atoms with van der Waals surface area (Å²) in [6.45, 7) is 0.164. The van der Waals surface area contributed by atoms with Crippen LogP contribution in [0.3, 0.4) is 0 Å². The van der Waals surface area contributed by atoms with Gasteiger partial charge in [-0.15, -0.1) is 0 Å².